The van der Waals surface area contributed by atoms with E-state index >= 15 is 0 Å². The largest absolute Gasteiger partial charge is 0.393 e. The molecule has 0 spiro atoms. The lowest BCUT2D eigenvalue weighted by Gasteiger charge is -2.34. The highest BCUT2D eigenvalue weighted by Gasteiger charge is 2.26. The van der Waals surface area contributed by atoms with Gasteiger partial charge in [-0.3, -0.25) is 0 Å². The van der Waals surface area contributed by atoms with Crippen molar-refractivity contribution in [3.8, 4) is 0 Å². The molecule has 0 fully saturated rings. The van der Waals surface area contributed by atoms with Crippen LogP contribution in [0.15, 0.2) is 24.3 Å². The van der Waals surface area contributed by atoms with E-state index in [1.54, 1.807) is 0 Å². The number of hydrogen-bond acceptors (Lipinski definition) is 4. The molecule has 49 heavy (non-hydrogen) atoms. The Morgan fingerprint density at radius 3 is 1.27 bits per heavy atom. The van der Waals surface area contributed by atoms with E-state index in [1.807, 2.05) is 0 Å². The highest BCUT2D eigenvalue weighted by Crippen LogP contribution is 2.13. The maximum atomic E-state index is 10.0. The minimum Gasteiger partial charge on any atom is -0.393 e. The SMILES string of the molecule is CCCCCCCC/C=C\CCCCCCCCOC[C@H](C[N+](C)(C)CC(O)CO)OCCCCCCCC/C=C\CCCCCCCC. The number of ether oxygens (including phenoxy) is 2. The fourth-order valence-electron chi connectivity index (χ4n) is 6.67. The van der Waals surface area contributed by atoms with Crippen molar-refractivity contribution in [1.82, 2.24) is 0 Å². The zero-order valence-electron chi connectivity index (χ0n) is 33.7. The van der Waals surface area contributed by atoms with Gasteiger partial charge in [-0.15, -0.1) is 0 Å². The second-order valence-electron chi connectivity index (χ2n) is 15.6. The van der Waals surface area contributed by atoms with Crippen molar-refractivity contribution in [2.45, 2.75) is 206 Å². The van der Waals surface area contributed by atoms with Crippen molar-refractivity contribution in [3.05, 3.63) is 24.3 Å². The van der Waals surface area contributed by atoms with Gasteiger partial charge in [0.05, 0.1) is 27.3 Å². The Morgan fingerprint density at radius 2 is 0.857 bits per heavy atom. The van der Waals surface area contributed by atoms with E-state index in [9.17, 15) is 10.2 Å². The fraction of sp³-hybridized carbons (Fsp3) is 0.909. The molecule has 0 heterocycles. The molecule has 292 valence electrons. The molecule has 0 radical (unpaired) electrons. The van der Waals surface area contributed by atoms with Crippen molar-refractivity contribution >= 4 is 0 Å². The molecule has 0 rings (SSSR count). The Bertz CT molecular complexity index is 694. The van der Waals surface area contributed by atoms with Crippen molar-refractivity contribution in [3.63, 3.8) is 0 Å². The molecule has 0 aliphatic carbocycles. The molecule has 0 saturated heterocycles. The first-order valence-corrected chi connectivity index (χ1v) is 21.5. The summed E-state index contributed by atoms with van der Waals surface area (Å²) in [4.78, 5) is 0. The lowest BCUT2D eigenvalue weighted by atomic mass is 10.1. The molecule has 0 aliphatic rings. The Morgan fingerprint density at radius 1 is 0.490 bits per heavy atom. The third kappa shape index (κ3) is 38.3. The fourth-order valence-corrected chi connectivity index (χ4v) is 6.67. The standard InChI is InChI=1S/C44H88NO4/c1-5-7-9-11-13-15-17-19-21-23-25-27-29-31-33-35-37-48-42-44(40-45(3,4)39-43(47)41-46)49-38-36-34-32-30-28-26-24-22-20-18-16-14-12-10-8-6-2/h19-22,43-44,46-47H,5-18,23-42H2,1-4H3/q+1/b21-19-,22-20-/t43?,44-/m0/s1. The van der Waals surface area contributed by atoms with Gasteiger partial charge in [0, 0.05) is 13.2 Å². The third-order valence-electron chi connectivity index (χ3n) is 9.73. The number of aliphatic hydroxyl groups excluding tert-OH is 2. The Kier molecular flexibility index (Phi) is 37.9. The van der Waals surface area contributed by atoms with Gasteiger partial charge in [0.1, 0.15) is 25.3 Å². The van der Waals surface area contributed by atoms with E-state index in [2.05, 4.69) is 52.2 Å². The first-order valence-electron chi connectivity index (χ1n) is 21.5. The summed E-state index contributed by atoms with van der Waals surface area (Å²) in [5.74, 6) is 0. The first kappa shape index (κ1) is 48.3. The Hall–Kier alpha value is -0.720. The lowest BCUT2D eigenvalue weighted by molar-refractivity contribution is -0.896. The predicted molar refractivity (Wildman–Crippen MR) is 214 cm³/mol. The number of hydrogen-bond donors (Lipinski definition) is 2. The molecular formula is C44H88NO4+. The molecule has 0 aliphatic heterocycles. The monoisotopic (exact) mass is 695 g/mol. The molecule has 5 heteroatoms. The molecule has 0 amide bonds. The molecule has 0 aromatic heterocycles. The molecule has 0 bridgehead atoms. The van der Waals surface area contributed by atoms with Crippen LogP contribution in [0.25, 0.3) is 0 Å². The van der Waals surface area contributed by atoms with Gasteiger partial charge in [0.25, 0.3) is 0 Å². The molecule has 0 saturated carbocycles. The summed E-state index contributed by atoms with van der Waals surface area (Å²) >= 11 is 0. The van der Waals surface area contributed by atoms with Crippen LogP contribution in [0.2, 0.25) is 0 Å². The minimum atomic E-state index is -0.700. The van der Waals surface area contributed by atoms with Crippen LogP contribution < -0.4 is 0 Å². The minimum absolute atomic E-state index is 0.0122. The Balaban J connectivity index is 3.97. The van der Waals surface area contributed by atoms with Crippen LogP contribution in [0.4, 0.5) is 0 Å². The van der Waals surface area contributed by atoms with Gasteiger partial charge < -0.3 is 24.2 Å². The van der Waals surface area contributed by atoms with E-state index in [-0.39, 0.29) is 12.7 Å². The quantitative estimate of drug-likeness (QED) is 0.0381. The van der Waals surface area contributed by atoms with Crippen molar-refractivity contribution in [2.75, 3.05) is 53.6 Å². The number of quaternary nitrogens is 1. The number of unbranched alkanes of at least 4 members (excludes halogenated alkanes) is 24. The molecule has 2 atom stereocenters. The average molecular weight is 695 g/mol. The van der Waals surface area contributed by atoms with Gasteiger partial charge in [0.2, 0.25) is 0 Å². The van der Waals surface area contributed by atoms with Crippen molar-refractivity contribution in [1.29, 1.82) is 0 Å². The van der Waals surface area contributed by atoms with Gasteiger partial charge in [-0.1, -0.05) is 154 Å². The lowest BCUT2D eigenvalue weighted by Crippen LogP contribution is -2.51. The van der Waals surface area contributed by atoms with Crippen LogP contribution in [0, 0.1) is 0 Å². The maximum absolute atomic E-state index is 10.0. The highest BCUT2D eigenvalue weighted by atomic mass is 16.5. The third-order valence-corrected chi connectivity index (χ3v) is 9.73. The number of allylic oxidation sites excluding steroid dienone is 4. The van der Waals surface area contributed by atoms with E-state index in [0.717, 1.165) is 32.6 Å². The molecule has 0 aromatic rings. The predicted octanol–water partition coefficient (Wildman–Crippen LogP) is 11.9. The van der Waals surface area contributed by atoms with Crippen LogP contribution in [0.5, 0.6) is 0 Å². The summed E-state index contributed by atoms with van der Waals surface area (Å²) in [7, 11) is 4.20. The smallest absolute Gasteiger partial charge is 0.130 e. The second-order valence-corrected chi connectivity index (χ2v) is 15.6. The van der Waals surface area contributed by atoms with Gasteiger partial charge in [0.15, 0.2) is 0 Å². The van der Waals surface area contributed by atoms with Crippen LogP contribution in [-0.2, 0) is 9.47 Å². The van der Waals surface area contributed by atoms with Crippen molar-refractivity contribution < 1.29 is 24.2 Å². The van der Waals surface area contributed by atoms with Crippen LogP contribution in [0.3, 0.4) is 0 Å². The van der Waals surface area contributed by atoms with E-state index in [1.165, 1.54) is 167 Å². The number of nitrogens with zero attached hydrogens (tertiary/aromatic N) is 1. The number of aliphatic hydroxyl groups is 2. The summed E-state index contributed by atoms with van der Waals surface area (Å²) in [5.41, 5.74) is 0. The van der Waals surface area contributed by atoms with E-state index in [0.29, 0.717) is 17.6 Å². The number of rotatable bonds is 40. The van der Waals surface area contributed by atoms with Crippen LogP contribution >= 0.6 is 0 Å². The van der Waals surface area contributed by atoms with E-state index < -0.39 is 6.10 Å². The van der Waals surface area contributed by atoms with E-state index in [4.69, 9.17) is 9.47 Å². The summed E-state index contributed by atoms with van der Waals surface area (Å²) in [5, 5.41) is 19.4. The second kappa shape index (κ2) is 38.5. The topological polar surface area (TPSA) is 58.9 Å². The van der Waals surface area contributed by atoms with Gasteiger partial charge in [-0.2, -0.15) is 0 Å². The molecule has 0 aromatic carbocycles. The van der Waals surface area contributed by atoms with Crippen LogP contribution in [-0.4, -0.2) is 80.5 Å². The summed E-state index contributed by atoms with van der Waals surface area (Å²) in [6.07, 6.45) is 45.7. The molecule has 2 N–H and O–H groups in total. The normalized spacial score (nSPS) is 13.7. The number of likely N-dealkylation sites (N-methyl/N-ethyl adjacent to an activating group) is 1. The average Bonchev–Trinajstić information content (AvgIpc) is 3.08. The Labute approximate surface area is 307 Å². The van der Waals surface area contributed by atoms with Gasteiger partial charge >= 0.3 is 0 Å². The zero-order chi connectivity index (χ0) is 35.9. The van der Waals surface area contributed by atoms with Crippen LogP contribution in [0.1, 0.15) is 194 Å². The summed E-state index contributed by atoms with van der Waals surface area (Å²) in [6, 6.07) is 0. The van der Waals surface area contributed by atoms with Gasteiger partial charge in [-0.25, -0.2) is 0 Å². The molecule has 5 nitrogen and oxygen atoms in total. The van der Waals surface area contributed by atoms with Gasteiger partial charge in [-0.05, 0) is 64.2 Å². The first-order chi connectivity index (χ1) is 23.9. The zero-order valence-corrected chi connectivity index (χ0v) is 33.7. The highest BCUT2D eigenvalue weighted by molar-refractivity contribution is 4.82. The molecule has 1 unspecified atom stereocenters. The summed E-state index contributed by atoms with van der Waals surface area (Å²) < 4.78 is 13.1. The maximum Gasteiger partial charge on any atom is 0.130 e. The summed E-state index contributed by atoms with van der Waals surface area (Å²) in [6.45, 7) is 7.82. The van der Waals surface area contributed by atoms with Crippen molar-refractivity contribution in [2.24, 2.45) is 0 Å². The molecular weight excluding hydrogens is 606 g/mol.